The summed E-state index contributed by atoms with van der Waals surface area (Å²) in [5.41, 5.74) is 8.18. The third-order valence-corrected chi connectivity index (χ3v) is 6.71. The van der Waals surface area contributed by atoms with Crippen molar-refractivity contribution in [2.75, 3.05) is 5.75 Å². The van der Waals surface area contributed by atoms with E-state index >= 15 is 0 Å². The molecule has 132 valence electrons. The molecule has 0 radical (unpaired) electrons. The number of fused-ring (bicyclic) bond motifs is 4. The Labute approximate surface area is 166 Å². The fraction of sp³-hybridized carbons (Fsp3) is 0.368. The Bertz CT molecular complexity index is 800. The maximum absolute atomic E-state index is 6.56. The smallest absolute Gasteiger partial charge is 0.133 e. The monoisotopic (exact) mass is 438 g/mol. The van der Waals surface area contributed by atoms with Gasteiger partial charge >= 0.3 is 0 Å². The zero-order chi connectivity index (χ0) is 18.0. The van der Waals surface area contributed by atoms with E-state index in [1.807, 2.05) is 30.3 Å². The lowest BCUT2D eigenvalue weighted by atomic mass is 9.78. The summed E-state index contributed by atoms with van der Waals surface area (Å²) in [7, 11) is 0. The molecule has 0 aromatic heterocycles. The van der Waals surface area contributed by atoms with Gasteiger partial charge < -0.3 is 10.5 Å². The number of thioether (sulfide) groups is 1. The molecule has 2 atom stereocenters. The minimum absolute atomic E-state index is 0.100. The van der Waals surface area contributed by atoms with Crippen LogP contribution in [0.1, 0.15) is 31.9 Å². The lowest BCUT2D eigenvalue weighted by Crippen LogP contribution is -2.58. The van der Waals surface area contributed by atoms with Gasteiger partial charge in [-0.3, -0.25) is 4.90 Å². The van der Waals surface area contributed by atoms with E-state index in [9.17, 15) is 0 Å². The van der Waals surface area contributed by atoms with Crippen molar-refractivity contribution < 1.29 is 4.74 Å². The third kappa shape index (κ3) is 2.63. The first kappa shape index (κ1) is 17.7. The summed E-state index contributed by atoms with van der Waals surface area (Å²) < 4.78 is 7.24. The summed E-state index contributed by atoms with van der Waals surface area (Å²) in [6, 6.07) is 12.0. The van der Waals surface area contributed by atoms with E-state index in [-0.39, 0.29) is 16.6 Å². The van der Waals surface area contributed by atoms with Crippen molar-refractivity contribution in [3.63, 3.8) is 0 Å². The standard InChI is InChI=1S/C19H20BrClN2OS/c1-18(2,3)23-17(22)25-10-19(23)13-8-11(20)4-6-15(13)24-16-7-5-12(21)9-14(16)19/h4-9,17H,10,22H2,1-3H3. The highest BCUT2D eigenvalue weighted by atomic mass is 79.9. The molecule has 6 heteroatoms. The predicted molar refractivity (Wildman–Crippen MR) is 108 cm³/mol. The molecule has 0 saturated carbocycles. The second kappa shape index (κ2) is 5.89. The maximum atomic E-state index is 6.56. The van der Waals surface area contributed by atoms with Gasteiger partial charge in [-0.1, -0.05) is 27.5 Å². The predicted octanol–water partition coefficient (Wildman–Crippen LogP) is 5.54. The molecule has 1 fully saturated rings. The van der Waals surface area contributed by atoms with Crippen LogP contribution in [0.3, 0.4) is 0 Å². The summed E-state index contributed by atoms with van der Waals surface area (Å²) in [6.07, 6.45) is 0. The van der Waals surface area contributed by atoms with Gasteiger partial charge in [-0.05, 0) is 57.2 Å². The Morgan fingerprint density at radius 1 is 1.20 bits per heavy atom. The maximum Gasteiger partial charge on any atom is 0.133 e. The molecule has 2 unspecified atom stereocenters. The molecule has 3 nitrogen and oxygen atoms in total. The number of nitrogens with zero attached hydrogens (tertiary/aromatic N) is 1. The number of hydrogen-bond acceptors (Lipinski definition) is 4. The lowest BCUT2D eigenvalue weighted by Gasteiger charge is -2.50. The molecule has 2 aromatic carbocycles. The SMILES string of the molecule is CC(C)(C)N1C(N)SCC12c1cc(Cl)ccc1Oc1ccc(Br)cc12. The fourth-order valence-corrected chi connectivity index (χ4v) is 6.07. The van der Waals surface area contributed by atoms with Crippen LogP contribution < -0.4 is 10.5 Å². The van der Waals surface area contributed by atoms with Crippen molar-refractivity contribution in [2.24, 2.45) is 5.73 Å². The number of ether oxygens (including phenoxy) is 1. The van der Waals surface area contributed by atoms with E-state index in [4.69, 9.17) is 22.1 Å². The van der Waals surface area contributed by atoms with E-state index in [1.54, 1.807) is 11.8 Å². The first-order chi connectivity index (χ1) is 11.7. The van der Waals surface area contributed by atoms with Crippen LogP contribution in [0.5, 0.6) is 11.5 Å². The number of nitrogens with two attached hydrogens (primary N) is 1. The minimum atomic E-state index is -0.375. The average Bonchev–Trinajstić information content (AvgIpc) is 2.88. The molecule has 0 bridgehead atoms. The molecule has 4 rings (SSSR count). The van der Waals surface area contributed by atoms with E-state index < -0.39 is 0 Å². The molecule has 2 heterocycles. The molecule has 25 heavy (non-hydrogen) atoms. The molecular weight excluding hydrogens is 420 g/mol. The van der Waals surface area contributed by atoms with Gasteiger partial charge in [-0.2, -0.15) is 0 Å². The van der Waals surface area contributed by atoms with Crippen LogP contribution in [0.4, 0.5) is 0 Å². The molecule has 0 aliphatic carbocycles. The van der Waals surface area contributed by atoms with Gasteiger partial charge in [0.05, 0.1) is 5.54 Å². The zero-order valence-electron chi connectivity index (χ0n) is 14.3. The summed E-state index contributed by atoms with van der Waals surface area (Å²) in [4.78, 5) is 2.40. The van der Waals surface area contributed by atoms with Crippen molar-refractivity contribution >= 4 is 39.3 Å². The van der Waals surface area contributed by atoms with Crippen molar-refractivity contribution in [3.05, 3.63) is 57.0 Å². The quantitative estimate of drug-likeness (QED) is 0.585. The Hall–Kier alpha value is -0.720. The van der Waals surface area contributed by atoms with Gasteiger partial charge in [0.2, 0.25) is 0 Å². The topological polar surface area (TPSA) is 38.5 Å². The van der Waals surface area contributed by atoms with Crippen LogP contribution in [-0.4, -0.2) is 21.7 Å². The van der Waals surface area contributed by atoms with Crippen molar-refractivity contribution in [1.29, 1.82) is 0 Å². The Morgan fingerprint density at radius 3 is 2.52 bits per heavy atom. The summed E-state index contributed by atoms with van der Waals surface area (Å²) in [5, 5.41) is 0.708. The van der Waals surface area contributed by atoms with Gasteiger partial charge in [0, 0.05) is 31.9 Å². The van der Waals surface area contributed by atoms with Gasteiger partial charge in [-0.15, -0.1) is 11.8 Å². The molecule has 2 aliphatic rings. The summed E-state index contributed by atoms with van der Waals surface area (Å²) in [6.45, 7) is 6.62. The van der Waals surface area contributed by atoms with E-state index in [1.165, 1.54) is 0 Å². The fourth-order valence-electron chi connectivity index (χ4n) is 4.03. The largest absolute Gasteiger partial charge is 0.457 e. The first-order valence-corrected chi connectivity index (χ1v) is 10.4. The van der Waals surface area contributed by atoms with Crippen LogP contribution in [0.25, 0.3) is 0 Å². The first-order valence-electron chi connectivity index (χ1n) is 8.18. The van der Waals surface area contributed by atoms with E-state index in [0.29, 0.717) is 5.02 Å². The highest BCUT2D eigenvalue weighted by Crippen LogP contribution is 2.58. The summed E-state index contributed by atoms with van der Waals surface area (Å²) in [5.74, 6) is 2.58. The van der Waals surface area contributed by atoms with Crippen LogP contribution >= 0.6 is 39.3 Å². The molecule has 1 spiro atoms. The molecule has 2 aromatic rings. The van der Waals surface area contributed by atoms with Gasteiger partial charge in [-0.25, -0.2) is 0 Å². The molecule has 2 N–H and O–H groups in total. The molecule has 2 aliphatic heterocycles. The molecular formula is C19H20BrClN2OS. The van der Waals surface area contributed by atoms with Crippen LogP contribution in [0.2, 0.25) is 5.02 Å². The normalized spacial score (nSPS) is 25.6. The van der Waals surface area contributed by atoms with E-state index in [2.05, 4.69) is 47.7 Å². The third-order valence-electron chi connectivity index (χ3n) is 4.85. The Kier molecular flexibility index (Phi) is 4.17. The molecule has 0 amide bonds. The van der Waals surface area contributed by atoms with Crippen molar-refractivity contribution in [3.8, 4) is 11.5 Å². The summed E-state index contributed by atoms with van der Waals surface area (Å²) >= 11 is 11.8. The van der Waals surface area contributed by atoms with Crippen LogP contribution in [0.15, 0.2) is 40.9 Å². The number of rotatable bonds is 0. The zero-order valence-corrected chi connectivity index (χ0v) is 17.5. The molecule has 1 saturated heterocycles. The number of halogens is 2. The van der Waals surface area contributed by atoms with Crippen LogP contribution in [0, 0.1) is 0 Å². The van der Waals surface area contributed by atoms with E-state index in [0.717, 1.165) is 32.9 Å². The second-order valence-electron chi connectivity index (χ2n) is 7.49. The van der Waals surface area contributed by atoms with Crippen molar-refractivity contribution in [1.82, 2.24) is 4.90 Å². The lowest BCUT2D eigenvalue weighted by molar-refractivity contribution is 0.0378. The van der Waals surface area contributed by atoms with Gasteiger partial charge in [0.1, 0.15) is 17.0 Å². The Morgan fingerprint density at radius 2 is 1.84 bits per heavy atom. The van der Waals surface area contributed by atoms with Gasteiger partial charge in [0.25, 0.3) is 0 Å². The number of hydrogen-bond donors (Lipinski definition) is 1. The van der Waals surface area contributed by atoms with Crippen LogP contribution in [-0.2, 0) is 5.54 Å². The minimum Gasteiger partial charge on any atom is -0.457 e. The van der Waals surface area contributed by atoms with Crippen molar-refractivity contribution in [2.45, 2.75) is 37.3 Å². The highest BCUT2D eigenvalue weighted by molar-refractivity contribution is 9.10. The average molecular weight is 440 g/mol. The van der Waals surface area contributed by atoms with Gasteiger partial charge in [0.15, 0.2) is 0 Å². The second-order valence-corrected chi connectivity index (χ2v) is 9.94. The Balaban J connectivity index is 2.07. The number of benzene rings is 2. The highest BCUT2D eigenvalue weighted by Gasteiger charge is 2.56.